The molecule has 7 rings (SSSR count). The lowest BCUT2D eigenvalue weighted by atomic mass is 9.79. The highest BCUT2D eigenvalue weighted by molar-refractivity contribution is 5.94. The number of H-pyrrole nitrogens is 2. The second-order valence-electron chi connectivity index (χ2n) is 10.5. The van der Waals surface area contributed by atoms with Crippen LogP contribution in [0.15, 0.2) is 133 Å². The summed E-state index contributed by atoms with van der Waals surface area (Å²) in [7, 11) is 0. The van der Waals surface area contributed by atoms with E-state index in [1.165, 1.54) is 61.0 Å². The lowest BCUT2D eigenvalue weighted by Crippen LogP contribution is -2.07. The fraction of sp³-hybridized carbons (Fsp3) is 0.111. The third-order valence-corrected chi connectivity index (χ3v) is 8.12. The molecule has 0 amide bonds. The number of aromatic nitrogens is 2. The van der Waals surface area contributed by atoms with Gasteiger partial charge in [0, 0.05) is 33.6 Å². The highest BCUT2D eigenvalue weighted by Crippen LogP contribution is 2.53. The van der Waals surface area contributed by atoms with E-state index in [9.17, 15) is 0 Å². The van der Waals surface area contributed by atoms with Gasteiger partial charge in [0.25, 0.3) is 0 Å². The molecule has 6 aromatic rings. The van der Waals surface area contributed by atoms with Crippen LogP contribution in [0.4, 0.5) is 0 Å². The number of nitrogens with one attached hydrogen (secondary N) is 2. The summed E-state index contributed by atoms with van der Waals surface area (Å²) in [6.45, 7) is 6.52. The van der Waals surface area contributed by atoms with Crippen molar-refractivity contribution in [2.75, 3.05) is 0 Å². The van der Waals surface area contributed by atoms with Gasteiger partial charge in [-0.25, -0.2) is 0 Å². The molecular weight excluding hydrogens is 460 g/mol. The Hall–Kier alpha value is -4.56. The lowest BCUT2D eigenvalue weighted by Gasteiger charge is -2.23. The highest BCUT2D eigenvalue weighted by Gasteiger charge is 2.36. The quantitative estimate of drug-likeness (QED) is 0.241. The Morgan fingerprint density at radius 1 is 0.632 bits per heavy atom. The number of para-hydroxylation sites is 2. The van der Waals surface area contributed by atoms with Gasteiger partial charge in [-0.1, -0.05) is 115 Å². The summed E-state index contributed by atoms with van der Waals surface area (Å²) < 4.78 is 0. The molecule has 0 saturated heterocycles. The summed E-state index contributed by atoms with van der Waals surface area (Å²) in [4.78, 5) is 7.59. The lowest BCUT2D eigenvalue weighted by molar-refractivity contribution is 0.670. The fourth-order valence-corrected chi connectivity index (χ4v) is 6.37. The molecule has 2 heteroatoms. The predicted octanol–water partition coefficient (Wildman–Crippen LogP) is 9.76. The Morgan fingerprint density at radius 3 is 1.66 bits per heavy atom. The Morgan fingerprint density at radius 2 is 1.11 bits per heavy atom. The number of benzene rings is 4. The van der Waals surface area contributed by atoms with Crippen molar-refractivity contribution in [1.82, 2.24) is 9.97 Å². The second-order valence-corrected chi connectivity index (χ2v) is 10.5. The summed E-state index contributed by atoms with van der Waals surface area (Å²) in [5.41, 5.74) is 12.5. The number of aromatic amines is 2. The molecule has 38 heavy (non-hydrogen) atoms. The molecule has 2 N–H and O–H groups in total. The van der Waals surface area contributed by atoms with E-state index in [1.807, 2.05) is 0 Å². The standard InChI is InChI=1S/C36H30N2/c1-23(2)26-21-29(33-27-17-9-11-19-31(27)37-35(33)24-13-5-3-6-14-24)30(22-26)34-28-18-10-12-20-32(28)38-36(34)25-15-7-4-8-16-25/h3-21,29-30,37-38H,1,22H2,2H3/t29-,30-/m1/s1. The molecule has 0 radical (unpaired) electrons. The maximum absolute atomic E-state index is 4.37. The van der Waals surface area contributed by atoms with E-state index in [4.69, 9.17) is 0 Å². The summed E-state index contributed by atoms with van der Waals surface area (Å²) in [5.74, 6) is 0.476. The monoisotopic (exact) mass is 490 g/mol. The maximum atomic E-state index is 4.37. The smallest absolute Gasteiger partial charge is 0.0503 e. The number of fused-ring (bicyclic) bond motifs is 2. The van der Waals surface area contributed by atoms with Crippen LogP contribution in [-0.4, -0.2) is 9.97 Å². The average Bonchev–Trinajstić information content (AvgIpc) is 3.67. The van der Waals surface area contributed by atoms with Crippen LogP contribution in [-0.2, 0) is 0 Å². The molecule has 184 valence electrons. The molecular formula is C36H30N2. The van der Waals surface area contributed by atoms with Gasteiger partial charge in [0.2, 0.25) is 0 Å². The summed E-state index contributed by atoms with van der Waals surface area (Å²) in [5, 5.41) is 2.60. The predicted molar refractivity (Wildman–Crippen MR) is 160 cm³/mol. The summed E-state index contributed by atoms with van der Waals surface area (Å²) >= 11 is 0. The van der Waals surface area contributed by atoms with Crippen molar-refractivity contribution in [3.8, 4) is 22.5 Å². The first-order valence-corrected chi connectivity index (χ1v) is 13.4. The van der Waals surface area contributed by atoms with Crippen LogP contribution >= 0.6 is 0 Å². The van der Waals surface area contributed by atoms with Gasteiger partial charge in [-0.05, 0) is 53.3 Å². The van der Waals surface area contributed by atoms with Gasteiger partial charge in [0.15, 0.2) is 0 Å². The number of hydrogen-bond acceptors (Lipinski definition) is 0. The van der Waals surface area contributed by atoms with Gasteiger partial charge < -0.3 is 9.97 Å². The summed E-state index contributed by atoms with van der Waals surface area (Å²) in [6.07, 6.45) is 3.46. The molecule has 2 aromatic heterocycles. The highest BCUT2D eigenvalue weighted by atomic mass is 14.7. The van der Waals surface area contributed by atoms with Crippen LogP contribution < -0.4 is 0 Å². The van der Waals surface area contributed by atoms with Crippen LogP contribution in [0.2, 0.25) is 0 Å². The molecule has 1 aliphatic carbocycles. The molecule has 4 aromatic carbocycles. The van der Waals surface area contributed by atoms with E-state index in [0.717, 1.165) is 12.0 Å². The van der Waals surface area contributed by atoms with Gasteiger partial charge >= 0.3 is 0 Å². The van der Waals surface area contributed by atoms with Gasteiger partial charge in [0.1, 0.15) is 0 Å². The Balaban J connectivity index is 1.51. The first-order chi connectivity index (χ1) is 18.7. The SMILES string of the molecule is C=C(C)C1=C[C@@H](c2c(-c3ccccc3)[nH]c3ccccc23)[C@H](c2c(-c3ccccc3)[nH]c3ccccc23)C1. The van der Waals surface area contributed by atoms with Crippen molar-refractivity contribution in [2.45, 2.75) is 25.2 Å². The van der Waals surface area contributed by atoms with Crippen molar-refractivity contribution in [2.24, 2.45) is 0 Å². The molecule has 1 aliphatic rings. The van der Waals surface area contributed by atoms with Gasteiger partial charge in [-0.3, -0.25) is 0 Å². The van der Waals surface area contributed by atoms with Crippen LogP contribution in [0.25, 0.3) is 44.3 Å². The molecule has 0 spiro atoms. The van der Waals surface area contributed by atoms with E-state index >= 15 is 0 Å². The third kappa shape index (κ3) is 3.64. The van der Waals surface area contributed by atoms with Crippen molar-refractivity contribution >= 4 is 21.8 Å². The minimum absolute atomic E-state index is 0.203. The van der Waals surface area contributed by atoms with Crippen molar-refractivity contribution in [3.05, 3.63) is 144 Å². The molecule has 2 atom stereocenters. The number of hydrogen-bond donors (Lipinski definition) is 2. The average molecular weight is 491 g/mol. The molecule has 2 heterocycles. The Bertz CT molecular complexity index is 1820. The normalized spacial score (nSPS) is 17.2. The topological polar surface area (TPSA) is 31.6 Å². The van der Waals surface area contributed by atoms with E-state index in [-0.39, 0.29) is 11.8 Å². The fourth-order valence-electron chi connectivity index (χ4n) is 6.37. The zero-order chi connectivity index (χ0) is 25.6. The Kier molecular flexibility index (Phi) is 5.40. The van der Waals surface area contributed by atoms with Crippen LogP contribution in [0, 0.1) is 0 Å². The van der Waals surface area contributed by atoms with Crippen molar-refractivity contribution in [3.63, 3.8) is 0 Å². The largest absolute Gasteiger partial charge is 0.354 e. The minimum atomic E-state index is 0.203. The maximum Gasteiger partial charge on any atom is 0.0503 e. The first kappa shape index (κ1) is 22.6. The molecule has 0 unspecified atom stereocenters. The minimum Gasteiger partial charge on any atom is -0.354 e. The van der Waals surface area contributed by atoms with E-state index in [1.54, 1.807) is 0 Å². The Labute approximate surface area is 223 Å². The number of rotatable bonds is 5. The zero-order valence-corrected chi connectivity index (χ0v) is 21.5. The van der Waals surface area contributed by atoms with Crippen LogP contribution in [0.1, 0.15) is 36.3 Å². The van der Waals surface area contributed by atoms with E-state index in [0.29, 0.717) is 0 Å². The second kappa shape index (κ2) is 9.08. The van der Waals surface area contributed by atoms with E-state index < -0.39 is 0 Å². The van der Waals surface area contributed by atoms with Gasteiger partial charge in [-0.2, -0.15) is 0 Å². The molecule has 2 nitrogen and oxygen atoms in total. The van der Waals surface area contributed by atoms with Gasteiger partial charge in [-0.15, -0.1) is 0 Å². The van der Waals surface area contributed by atoms with Gasteiger partial charge in [0.05, 0.1) is 11.4 Å². The van der Waals surface area contributed by atoms with Crippen LogP contribution in [0.3, 0.4) is 0 Å². The van der Waals surface area contributed by atoms with Crippen molar-refractivity contribution < 1.29 is 0 Å². The van der Waals surface area contributed by atoms with Crippen molar-refractivity contribution in [1.29, 1.82) is 0 Å². The first-order valence-electron chi connectivity index (χ1n) is 13.4. The van der Waals surface area contributed by atoms with Crippen LogP contribution in [0.5, 0.6) is 0 Å². The zero-order valence-electron chi connectivity index (χ0n) is 21.5. The molecule has 0 fully saturated rings. The molecule has 0 saturated carbocycles. The third-order valence-electron chi connectivity index (χ3n) is 8.12. The number of allylic oxidation sites excluding steroid dienone is 3. The molecule has 0 aliphatic heterocycles. The molecule has 0 bridgehead atoms. The summed E-state index contributed by atoms with van der Waals surface area (Å²) in [6, 6.07) is 39.0. The van der Waals surface area contributed by atoms with E-state index in [2.05, 4.69) is 139 Å².